The molecular weight excluding hydrogens is 201 g/mol. The summed E-state index contributed by atoms with van der Waals surface area (Å²) in [4.78, 5) is 0. The third kappa shape index (κ3) is 3.93. The van der Waals surface area contributed by atoms with Gasteiger partial charge in [0.2, 0.25) is 0 Å². The standard InChI is InChI=1S/C14H22FN/c1-14(2,3)12-8-11(6-4-5-7-16)9-13(15)10-12/h8-10H,4-7,16H2,1-3H3. The number of benzene rings is 1. The molecule has 2 heteroatoms. The highest BCUT2D eigenvalue weighted by molar-refractivity contribution is 5.29. The van der Waals surface area contributed by atoms with Crippen molar-refractivity contribution in [2.24, 2.45) is 5.73 Å². The minimum absolute atomic E-state index is 0.00468. The van der Waals surface area contributed by atoms with Crippen LogP contribution in [-0.2, 0) is 11.8 Å². The monoisotopic (exact) mass is 223 g/mol. The highest BCUT2D eigenvalue weighted by Gasteiger charge is 2.15. The molecular formula is C14H22FN. The summed E-state index contributed by atoms with van der Waals surface area (Å²) in [5, 5.41) is 0. The van der Waals surface area contributed by atoms with Gasteiger partial charge in [-0.25, -0.2) is 4.39 Å². The second kappa shape index (κ2) is 5.44. The van der Waals surface area contributed by atoms with Crippen molar-refractivity contribution in [2.75, 3.05) is 6.54 Å². The van der Waals surface area contributed by atoms with E-state index in [1.54, 1.807) is 12.1 Å². The molecule has 0 aliphatic rings. The molecule has 0 spiro atoms. The molecule has 1 aromatic carbocycles. The number of nitrogens with two attached hydrogens (primary N) is 1. The van der Waals surface area contributed by atoms with E-state index in [2.05, 4.69) is 26.8 Å². The van der Waals surface area contributed by atoms with E-state index in [-0.39, 0.29) is 11.2 Å². The molecule has 0 saturated heterocycles. The maximum Gasteiger partial charge on any atom is 0.123 e. The molecule has 16 heavy (non-hydrogen) atoms. The molecule has 1 nitrogen and oxygen atoms in total. The van der Waals surface area contributed by atoms with Crippen LogP contribution in [0.15, 0.2) is 18.2 Å². The van der Waals surface area contributed by atoms with Crippen molar-refractivity contribution in [3.63, 3.8) is 0 Å². The van der Waals surface area contributed by atoms with E-state index >= 15 is 0 Å². The van der Waals surface area contributed by atoms with Gasteiger partial charge in [0, 0.05) is 0 Å². The number of halogens is 1. The summed E-state index contributed by atoms with van der Waals surface area (Å²) >= 11 is 0. The van der Waals surface area contributed by atoms with Crippen molar-refractivity contribution < 1.29 is 4.39 Å². The van der Waals surface area contributed by atoms with Crippen molar-refractivity contribution in [2.45, 2.75) is 45.4 Å². The Morgan fingerprint density at radius 2 is 1.81 bits per heavy atom. The predicted octanol–water partition coefficient (Wildman–Crippen LogP) is 3.40. The summed E-state index contributed by atoms with van der Waals surface area (Å²) in [5.74, 6) is -0.129. The summed E-state index contributed by atoms with van der Waals surface area (Å²) in [7, 11) is 0. The van der Waals surface area contributed by atoms with Gasteiger partial charge in [0.05, 0.1) is 0 Å². The maximum absolute atomic E-state index is 13.4. The normalized spacial score (nSPS) is 11.8. The van der Waals surface area contributed by atoms with Crippen LogP contribution in [0, 0.1) is 5.82 Å². The summed E-state index contributed by atoms with van der Waals surface area (Å²) in [5.41, 5.74) is 7.60. The molecule has 1 rings (SSSR count). The lowest BCUT2D eigenvalue weighted by Crippen LogP contribution is -2.12. The average molecular weight is 223 g/mol. The van der Waals surface area contributed by atoms with Gasteiger partial charge in [-0.1, -0.05) is 26.8 Å². The van der Waals surface area contributed by atoms with Crippen molar-refractivity contribution >= 4 is 0 Å². The first-order valence-electron chi connectivity index (χ1n) is 5.93. The number of hydrogen-bond acceptors (Lipinski definition) is 1. The Morgan fingerprint density at radius 1 is 1.12 bits per heavy atom. The summed E-state index contributed by atoms with van der Waals surface area (Å²) in [6.45, 7) is 7.02. The molecule has 2 N–H and O–H groups in total. The van der Waals surface area contributed by atoms with E-state index in [4.69, 9.17) is 5.73 Å². The highest BCUT2D eigenvalue weighted by atomic mass is 19.1. The Bertz CT molecular complexity index is 339. The van der Waals surface area contributed by atoms with Gasteiger partial charge in [-0.3, -0.25) is 0 Å². The zero-order valence-electron chi connectivity index (χ0n) is 10.5. The molecule has 0 unspecified atom stereocenters. The smallest absolute Gasteiger partial charge is 0.123 e. The maximum atomic E-state index is 13.4. The first-order valence-corrected chi connectivity index (χ1v) is 5.93. The molecule has 0 aromatic heterocycles. The predicted molar refractivity (Wildman–Crippen MR) is 67.1 cm³/mol. The van der Waals surface area contributed by atoms with Gasteiger partial charge in [0.1, 0.15) is 5.82 Å². The third-order valence-corrected chi connectivity index (χ3v) is 2.74. The average Bonchev–Trinajstić information content (AvgIpc) is 2.16. The van der Waals surface area contributed by atoms with Gasteiger partial charge in [-0.2, -0.15) is 0 Å². The number of rotatable bonds is 4. The molecule has 0 saturated carbocycles. The van der Waals surface area contributed by atoms with Gasteiger partial charge in [0.25, 0.3) is 0 Å². The topological polar surface area (TPSA) is 26.0 Å². The molecule has 0 radical (unpaired) electrons. The third-order valence-electron chi connectivity index (χ3n) is 2.74. The van der Waals surface area contributed by atoms with E-state index in [9.17, 15) is 4.39 Å². The Labute approximate surface area is 97.9 Å². The van der Waals surface area contributed by atoms with Gasteiger partial charge in [-0.15, -0.1) is 0 Å². The zero-order chi connectivity index (χ0) is 12.2. The van der Waals surface area contributed by atoms with Crippen LogP contribution in [0.5, 0.6) is 0 Å². The van der Waals surface area contributed by atoms with Gasteiger partial charge >= 0.3 is 0 Å². The lowest BCUT2D eigenvalue weighted by Gasteiger charge is -2.20. The minimum Gasteiger partial charge on any atom is -0.330 e. The molecule has 90 valence electrons. The summed E-state index contributed by atoms with van der Waals surface area (Å²) in [6, 6.07) is 5.37. The van der Waals surface area contributed by atoms with Crippen LogP contribution in [0.4, 0.5) is 4.39 Å². The van der Waals surface area contributed by atoms with E-state index in [1.807, 2.05) is 0 Å². The van der Waals surface area contributed by atoms with Crippen LogP contribution in [0.3, 0.4) is 0 Å². The van der Waals surface area contributed by atoms with Crippen molar-refractivity contribution in [1.29, 1.82) is 0 Å². The van der Waals surface area contributed by atoms with E-state index in [1.165, 1.54) is 0 Å². The molecule has 0 fully saturated rings. The lowest BCUT2D eigenvalue weighted by atomic mass is 9.85. The summed E-state index contributed by atoms with van der Waals surface area (Å²) < 4.78 is 13.4. The Hall–Kier alpha value is -0.890. The Kier molecular flexibility index (Phi) is 4.48. The van der Waals surface area contributed by atoms with Crippen LogP contribution in [-0.4, -0.2) is 6.54 Å². The fourth-order valence-corrected chi connectivity index (χ4v) is 1.70. The molecule has 1 aromatic rings. The van der Waals surface area contributed by atoms with E-state index < -0.39 is 0 Å². The van der Waals surface area contributed by atoms with E-state index in [0.29, 0.717) is 6.54 Å². The van der Waals surface area contributed by atoms with Crippen LogP contribution in [0.1, 0.15) is 44.7 Å². The van der Waals surface area contributed by atoms with Crippen LogP contribution < -0.4 is 5.73 Å². The second-order valence-electron chi connectivity index (χ2n) is 5.34. The second-order valence-corrected chi connectivity index (χ2v) is 5.34. The Balaban J connectivity index is 2.82. The van der Waals surface area contributed by atoms with E-state index in [0.717, 1.165) is 30.4 Å². The zero-order valence-corrected chi connectivity index (χ0v) is 10.5. The molecule has 0 aliphatic carbocycles. The fourth-order valence-electron chi connectivity index (χ4n) is 1.70. The summed E-state index contributed by atoms with van der Waals surface area (Å²) in [6.07, 6.45) is 2.95. The van der Waals surface area contributed by atoms with Crippen LogP contribution >= 0.6 is 0 Å². The fraction of sp³-hybridized carbons (Fsp3) is 0.571. The van der Waals surface area contributed by atoms with Crippen molar-refractivity contribution in [1.82, 2.24) is 0 Å². The number of unbranched alkanes of at least 4 members (excludes halogenated alkanes) is 1. The lowest BCUT2D eigenvalue weighted by molar-refractivity contribution is 0.569. The highest BCUT2D eigenvalue weighted by Crippen LogP contribution is 2.24. The number of hydrogen-bond donors (Lipinski definition) is 1. The van der Waals surface area contributed by atoms with Gasteiger partial charge < -0.3 is 5.73 Å². The van der Waals surface area contributed by atoms with Crippen LogP contribution in [0.25, 0.3) is 0 Å². The molecule has 0 aliphatic heterocycles. The number of aryl methyl sites for hydroxylation is 1. The molecule has 0 atom stereocenters. The van der Waals surface area contributed by atoms with Crippen molar-refractivity contribution in [3.8, 4) is 0 Å². The SMILES string of the molecule is CC(C)(C)c1cc(F)cc(CCCCN)c1. The minimum atomic E-state index is -0.129. The molecule has 0 bridgehead atoms. The van der Waals surface area contributed by atoms with Gasteiger partial charge in [0.15, 0.2) is 0 Å². The first kappa shape index (κ1) is 13.2. The first-order chi connectivity index (χ1) is 7.43. The Morgan fingerprint density at radius 3 is 2.38 bits per heavy atom. The molecule has 0 amide bonds. The van der Waals surface area contributed by atoms with Crippen molar-refractivity contribution in [3.05, 3.63) is 35.1 Å². The molecule has 0 heterocycles. The van der Waals surface area contributed by atoms with Crippen LogP contribution in [0.2, 0.25) is 0 Å². The van der Waals surface area contributed by atoms with Gasteiger partial charge in [-0.05, 0) is 54.5 Å². The largest absolute Gasteiger partial charge is 0.330 e. The quantitative estimate of drug-likeness (QED) is 0.778.